The maximum Gasteiger partial charge on any atom is 0.344 e. The Labute approximate surface area is 248 Å². The van der Waals surface area contributed by atoms with Gasteiger partial charge in [0.2, 0.25) is 0 Å². The van der Waals surface area contributed by atoms with E-state index in [-0.39, 0.29) is 24.3 Å². The van der Waals surface area contributed by atoms with Crippen molar-refractivity contribution in [2.75, 3.05) is 33.5 Å². The number of aromatic nitrogens is 1. The number of hydrogen-bond donors (Lipinski definition) is 0. The van der Waals surface area contributed by atoms with Crippen molar-refractivity contribution in [2.24, 2.45) is 4.99 Å². The number of esters is 2. The van der Waals surface area contributed by atoms with Gasteiger partial charge in [0.25, 0.3) is 5.56 Å². The van der Waals surface area contributed by atoms with E-state index < -0.39 is 18.0 Å². The predicted molar refractivity (Wildman–Crippen MR) is 156 cm³/mol. The number of methoxy groups -OCH3 is 1. The minimum Gasteiger partial charge on any atom is -0.490 e. The van der Waals surface area contributed by atoms with Gasteiger partial charge in [0.05, 0.1) is 47.6 Å². The lowest BCUT2D eigenvalue weighted by molar-refractivity contribution is -0.145. The Bertz CT molecular complexity index is 1660. The molecule has 0 aliphatic carbocycles. The summed E-state index contributed by atoms with van der Waals surface area (Å²) in [6.07, 6.45) is 3.17. The first-order valence-corrected chi connectivity index (χ1v) is 14.5. The zero-order chi connectivity index (χ0) is 29.5. The molecule has 0 fully saturated rings. The Hall–Kier alpha value is -3.90. The number of ether oxygens (including phenoxy) is 5. The van der Waals surface area contributed by atoms with Gasteiger partial charge in [-0.1, -0.05) is 23.5 Å². The quantitative estimate of drug-likeness (QED) is 0.291. The molecule has 216 valence electrons. The summed E-state index contributed by atoms with van der Waals surface area (Å²) in [7, 11) is 1.28. The van der Waals surface area contributed by atoms with E-state index in [1.54, 1.807) is 49.4 Å². The van der Waals surface area contributed by atoms with E-state index in [4.69, 9.17) is 23.7 Å². The largest absolute Gasteiger partial charge is 0.490 e. The first-order valence-electron chi connectivity index (χ1n) is 12.9. The van der Waals surface area contributed by atoms with Gasteiger partial charge in [0, 0.05) is 6.20 Å². The van der Waals surface area contributed by atoms with Crippen molar-refractivity contribution in [3.05, 3.63) is 83.5 Å². The second kappa shape index (κ2) is 13.6. The molecule has 4 rings (SSSR count). The van der Waals surface area contributed by atoms with Crippen LogP contribution in [-0.4, -0.2) is 50.0 Å². The smallest absolute Gasteiger partial charge is 0.344 e. The summed E-state index contributed by atoms with van der Waals surface area (Å²) in [6.45, 7) is 6.38. The number of fused-ring (bicyclic) bond motifs is 1. The number of rotatable bonds is 11. The highest BCUT2D eigenvalue weighted by molar-refractivity contribution is 9.10. The Balaban J connectivity index is 1.76. The molecule has 2 aromatic carbocycles. The molecule has 41 heavy (non-hydrogen) atoms. The molecule has 1 atom stereocenters. The Kier molecular flexibility index (Phi) is 10.0. The average Bonchev–Trinajstić information content (AvgIpc) is 3.27. The fraction of sp³-hybridized carbons (Fsp3) is 0.310. The topological polar surface area (TPSA) is 115 Å². The van der Waals surface area contributed by atoms with Crippen LogP contribution in [0.2, 0.25) is 0 Å². The van der Waals surface area contributed by atoms with Crippen LogP contribution in [-0.2, 0) is 19.1 Å². The molecule has 0 radical (unpaired) electrons. The monoisotopic (exact) mass is 644 g/mol. The van der Waals surface area contributed by atoms with Gasteiger partial charge in [-0.15, -0.1) is 0 Å². The van der Waals surface area contributed by atoms with Crippen molar-refractivity contribution >= 4 is 45.3 Å². The number of benzene rings is 2. The second-order valence-electron chi connectivity index (χ2n) is 8.53. The van der Waals surface area contributed by atoms with Crippen LogP contribution >= 0.6 is 27.3 Å². The molecule has 0 spiro atoms. The van der Waals surface area contributed by atoms with Crippen LogP contribution in [0.4, 0.5) is 0 Å². The Morgan fingerprint density at radius 2 is 1.73 bits per heavy atom. The summed E-state index contributed by atoms with van der Waals surface area (Å²) >= 11 is 4.66. The molecule has 0 bridgehead atoms. The summed E-state index contributed by atoms with van der Waals surface area (Å²) in [6, 6.07) is 9.77. The molecular formula is C29H29BrN2O8S. The number of carbonyl (C=O) groups excluding carboxylic acids is 2. The molecule has 0 N–H and O–H groups in total. The summed E-state index contributed by atoms with van der Waals surface area (Å²) in [4.78, 5) is 43.0. The third kappa shape index (κ3) is 6.71. The molecule has 0 unspecified atom stereocenters. The predicted octanol–water partition coefficient (Wildman–Crippen LogP) is 3.52. The number of thiazole rings is 1. The molecule has 0 saturated heterocycles. The van der Waals surface area contributed by atoms with Gasteiger partial charge >= 0.3 is 11.9 Å². The van der Waals surface area contributed by atoms with Gasteiger partial charge in [0.1, 0.15) is 5.75 Å². The molecule has 10 nitrogen and oxygen atoms in total. The SMILES string of the molecule is CCOC(=O)COc1ccc(/C=c2\sc3n(c2=O)[C@H](c2ccc(OCC)c(OCC)c2)C(C(=O)OC)=CN=3)cc1Br. The first-order chi connectivity index (χ1) is 19.8. The van der Waals surface area contributed by atoms with Crippen LogP contribution in [0.15, 0.2) is 62.4 Å². The van der Waals surface area contributed by atoms with Crippen molar-refractivity contribution in [3.8, 4) is 17.2 Å². The van der Waals surface area contributed by atoms with E-state index in [9.17, 15) is 14.4 Å². The van der Waals surface area contributed by atoms with Gasteiger partial charge < -0.3 is 23.7 Å². The maximum atomic E-state index is 13.8. The van der Waals surface area contributed by atoms with Crippen molar-refractivity contribution in [1.29, 1.82) is 0 Å². The van der Waals surface area contributed by atoms with E-state index in [0.717, 1.165) is 0 Å². The van der Waals surface area contributed by atoms with Crippen LogP contribution in [0.25, 0.3) is 6.08 Å². The van der Waals surface area contributed by atoms with E-state index in [2.05, 4.69) is 20.9 Å². The minimum absolute atomic E-state index is 0.212. The van der Waals surface area contributed by atoms with Crippen molar-refractivity contribution < 1.29 is 33.3 Å². The van der Waals surface area contributed by atoms with Gasteiger partial charge in [-0.05, 0) is 78.2 Å². The Morgan fingerprint density at radius 1 is 1.00 bits per heavy atom. The molecule has 0 saturated carbocycles. The van der Waals surface area contributed by atoms with Crippen LogP contribution in [0.5, 0.6) is 17.2 Å². The molecule has 12 heteroatoms. The third-order valence-corrected chi connectivity index (χ3v) is 7.53. The lowest BCUT2D eigenvalue weighted by atomic mass is 9.97. The van der Waals surface area contributed by atoms with E-state index in [0.29, 0.717) is 55.4 Å². The Morgan fingerprint density at radius 3 is 2.41 bits per heavy atom. The van der Waals surface area contributed by atoms with Crippen LogP contribution < -0.4 is 29.1 Å². The second-order valence-corrected chi connectivity index (χ2v) is 10.4. The number of nitrogens with zero attached hydrogens (tertiary/aromatic N) is 2. The van der Waals surface area contributed by atoms with Crippen molar-refractivity contribution in [3.63, 3.8) is 0 Å². The van der Waals surface area contributed by atoms with Crippen molar-refractivity contribution in [2.45, 2.75) is 26.8 Å². The fourth-order valence-corrected chi connectivity index (χ4v) is 5.68. The summed E-state index contributed by atoms with van der Waals surface area (Å²) in [5.41, 5.74) is 1.25. The van der Waals surface area contributed by atoms with E-state index in [1.165, 1.54) is 29.2 Å². The highest BCUT2D eigenvalue weighted by atomic mass is 79.9. The highest BCUT2D eigenvalue weighted by Crippen LogP contribution is 2.35. The molecule has 2 heterocycles. The molecule has 1 aromatic heterocycles. The fourth-order valence-electron chi connectivity index (χ4n) is 4.20. The summed E-state index contributed by atoms with van der Waals surface area (Å²) in [5.74, 6) is 0.466. The molecular weight excluding hydrogens is 616 g/mol. The van der Waals surface area contributed by atoms with Crippen LogP contribution in [0.3, 0.4) is 0 Å². The van der Waals surface area contributed by atoms with Gasteiger partial charge in [-0.25, -0.2) is 14.6 Å². The standard InChI is InChI=1S/C29H29BrN2O8S/c1-5-37-22-11-9-18(14-23(22)38-6-2)26-19(28(35)36-4)15-31-29-32(26)27(34)24(41-29)13-17-8-10-21(20(30)12-17)40-16-25(33)39-7-3/h8-15,26H,5-7,16H2,1-4H3/b24-13-/t26-/m1/s1. The number of halogens is 1. The van der Waals surface area contributed by atoms with E-state index in [1.807, 2.05) is 13.8 Å². The minimum atomic E-state index is -0.791. The average molecular weight is 646 g/mol. The van der Waals surface area contributed by atoms with Crippen LogP contribution in [0.1, 0.15) is 37.9 Å². The zero-order valence-electron chi connectivity index (χ0n) is 23.0. The first kappa shape index (κ1) is 30.1. The molecule has 0 amide bonds. The highest BCUT2D eigenvalue weighted by Gasteiger charge is 2.31. The van der Waals surface area contributed by atoms with Gasteiger partial charge in [-0.3, -0.25) is 9.36 Å². The summed E-state index contributed by atoms with van der Waals surface area (Å²) in [5, 5.41) is 0. The van der Waals surface area contributed by atoms with Gasteiger partial charge in [-0.2, -0.15) is 0 Å². The normalized spacial score (nSPS) is 14.4. The van der Waals surface area contributed by atoms with Gasteiger partial charge in [0.15, 0.2) is 22.9 Å². The molecule has 3 aromatic rings. The zero-order valence-corrected chi connectivity index (χ0v) is 25.4. The molecule has 1 aliphatic heterocycles. The maximum absolute atomic E-state index is 13.8. The third-order valence-electron chi connectivity index (χ3n) is 5.91. The lowest BCUT2D eigenvalue weighted by Crippen LogP contribution is -2.39. The molecule has 1 aliphatic rings. The summed E-state index contributed by atoms with van der Waals surface area (Å²) < 4.78 is 29.4. The lowest BCUT2D eigenvalue weighted by Gasteiger charge is -2.23. The van der Waals surface area contributed by atoms with E-state index >= 15 is 0 Å². The number of carbonyl (C=O) groups is 2. The van der Waals surface area contributed by atoms with Crippen molar-refractivity contribution in [1.82, 2.24) is 4.57 Å². The number of hydrogen-bond acceptors (Lipinski definition) is 10. The van der Waals surface area contributed by atoms with Crippen LogP contribution in [0, 0.1) is 0 Å².